The second-order valence-electron chi connectivity index (χ2n) is 3.75. The van der Waals surface area contributed by atoms with Crippen LogP contribution in [0.15, 0.2) is 18.2 Å². The lowest BCUT2D eigenvalue weighted by molar-refractivity contribution is 0.474. The van der Waals surface area contributed by atoms with Gasteiger partial charge in [0.15, 0.2) is 0 Å². The fourth-order valence-corrected chi connectivity index (χ4v) is 1.64. The van der Waals surface area contributed by atoms with E-state index in [0.717, 1.165) is 18.4 Å². The van der Waals surface area contributed by atoms with Crippen molar-refractivity contribution in [2.45, 2.75) is 18.9 Å². The van der Waals surface area contributed by atoms with E-state index in [1.165, 1.54) is 6.07 Å². The number of benzene rings is 1. The first kappa shape index (κ1) is 9.04. The van der Waals surface area contributed by atoms with E-state index < -0.39 is 0 Å². The van der Waals surface area contributed by atoms with Crippen LogP contribution in [0.4, 0.5) is 0 Å². The molecule has 1 fully saturated rings. The van der Waals surface area contributed by atoms with Crippen LogP contribution < -0.4 is 5.73 Å². The van der Waals surface area contributed by atoms with Crippen LogP contribution in [0.1, 0.15) is 30.0 Å². The van der Waals surface area contributed by atoms with Crippen LogP contribution in [0.3, 0.4) is 0 Å². The summed E-state index contributed by atoms with van der Waals surface area (Å²) in [5.74, 6) is 0.639. The van der Waals surface area contributed by atoms with Crippen LogP contribution in [-0.4, -0.2) is 5.11 Å². The second-order valence-corrected chi connectivity index (χ2v) is 3.75. The molecule has 0 amide bonds. The number of rotatable bonds is 2. The summed E-state index contributed by atoms with van der Waals surface area (Å²) >= 11 is 0. The maximum atomic E-state index is 9.21. The van der Waals surface area contributed by atoms with Gasteiger partial charge in [0.1, 0.15) is 5.75 Å². The Hall–Kier alpha value is -1.53. The van der Waals surface area contributed by atoms with Gasteiger partial charge in [-0.05, 0) is 36.5 Å². The van der Waals surface area contributed by atoms with Gasteiger partial charge in [0.2, 0.25) is 0 Å². The number of nitriles is 1. The molecule has 0 spiro atoms. The number of aromatic hydroxyl groups is 1. The van der Waals surface area contributed by atoms with Crippen LogP contribution in [-0.2, 0) is 0 Å². The largest absolute Gasteiger partial charge is 0.508 e. The molecule has 1 aromatic carbocycles. The van der Waals surface area contributed by atoms with Gasteiger partial charge in [0.25, 0.3) is 0 Å². The van der Waals surface area contributed by atoms with Gasteiger partial charge in [0.05, 0.1) is 11.6 Å². The van der Waals surface area contributed by atoms with Gasteiger partial charge in [-0.3, -0.25) is 0 Å². The number of phenols is 1. The zero-order chi connectivity index (χ0) is 10.1. The molecule has 1 atom stereocenters. The predicted molar refractivity (Wildman–Crippen MR) is 52.5 cm³/mol. The van der Waals surface area contributed by atoms with Gasteiger partial charge < -0.3 is 10.8 Å². The van der Waals surface area contributed by atoms with Crippen molar-refractivity contribution < 1.29 is 5.11 Å². The van der Waals surface area contributed by atoms with Crippen LogP contribution in [0.2, 0.25) is 0 Å². The first-order chi connectivity index (χ1) is 6.72. The third-order valence-electron chi connectivity index (χ3n) is 2.65. The summed E-state index contributed by atoms with van der Waals surface area (Å²) < 4.78 is 0. The number of hydrogen-bond acceptors (Lipinski definition) is 3. The highest BCUT2D eigenvalue weighted by molar-refractivity contribution is 5.44. The first-order valence-corrected chi connectivity index (χ1v) is 4.71. The molecule has 2 rings (SSSR count). The lowest BCUT2D eigenvalue weighted by atomic mass is 9.98. The predicted octanol–water partition coefficient (Wildman–Crippen LogP) is 1.67. The van der Waals surface area contributed by atoms with Gasteiger partial charge in [0, 0.05) is 6.04 Å². The van der Waals surface area contributed by atoms with Crippen LogP contribution in [0.25, 0.3) is 0 Å². The Kier molecular flexibility index (Phi) is 2.14. The molecule has 1 aliphatic carbocycles. The quantitative estimate of drug-likeness (QED) is 0.741. The third-order valence-corrected chi connectivity index (χ3v) is 2.65. The monoisotopic (exact) mass is 188 g/mol. The topological polar surface area (TPSA) is 70.0 Å². The highest BCUT2D eigenvalue weighted by Gasteiger charge is 2.30. The molecule has 1 saturated carbocycles. The highest BCUT2D eigenvalue weighted by Crippen LogP contribution is 2.40. The molecule has 1 aliphatic rings. The molecule has 0 aromatic heterocycles. The minimum Gasteiger partial charge on any atom is -0.508 e. The van der Waals surface area contributed by atoms with Crippen molar-refractivity contribution >= 4 is 0 Å². The standard InChI is InChI=1S/C11H12N2O/c12-6-8-5-9(14)3-4-10(8)11(13)7-1-2-7/h3-5,7,11,14H,1-2,13H2/t11-/m0/s1. The van der Waals surface area contributed by atoms with Crippen LogP contribution in [0, 0.1) is 17.2 Å². The summed E-state index contributed by atoms with van der Waals surface area (Å²) in [4.78, 5) is 0. The van der Waals surface area contributed by atoms with Gasteiger partial charge >= 0.3 is 0 Å². The Bertz CT molecular complexity index is 391. The van der Waals surface area contributed by atoms with E-state index in [9.17, 15) is 5.11 Å². The number of phenolic OH excluding ortho intramolecular Hbond substituents is 1. The molecule has 72 valence electrons. The molecule has 0 aliphatic heterocycles. The lowest BCUT2D eigenvalue weighted by Crippen LogP contribution is -2.13. The van der Waals surface area contributed by atoms with Crippen molar-refractivity contribution in [3.8, 4) is 11.8 Å². The molecule has 0 radical (unpaired) electrons. The Balaban J connectivity index is 2.36. The SMILES string of the molecule is N#Cc1cc(O)ccc1[C@@H](N)C1CC1. The normalized spacial score (nSPS) is 17.4. The molecule has 14 heavy (non-hydrogen) atoms. The van der Waals surface area contributed by atoms with E-state index in [-0.39, 0.29) is 11.8 Å². The first-order valence-electron chi connectivity index (χ1n) is 4.71. The van der Waals surface area contributed by atoms with E-state index in [2.05, 4.69) is 6.07 Å². The van der Waals surface area contributed by atoms with Crippen molar-refractivity contribution in [1.82, 2.24) is 0 Å². The second kappa shape index (κ2) is 3.32. The van der Waals surface area contributed by atoms with Crippen LogP contribution in [0.5, 0.6) is 5.75 Å². The Morgan fingerprint density at radius 3 is 2.79 bits per heavy atom. The summed E-state index contributed by atoms with van der Waals surface area (Å²) in [7, 11) is 0. The Morgan fingerprint density at radius 2 is 2.21 bits per heavy atom. The maximum absolute atomic E-state index is 9.21. The smallest absolute Gasteiger partial charge is 0.116 e. The minimum atomic E-state index is -0.0507. The molecule has 3 nitrogen and oxygen atoms in total. The van der Waals surface area contributed by atoms with E-state index in [0.29, 0.717) is 11.5 Å². The minimum absolute atomic E-state index is 0.0507. The maximum Gasteiger partial charge on any atom is 0.116 e. The molecular formula is C11H12N2O. The van der Waals surface area contributed by atoms with E-state index >= 15 is 0 Å². The summed E-state index contributed by atoms with van der Waals surface area (Å²) in [6.45, 7) is 0. The van der Waals surface area contributed by atoms with Crippen molar-refractivity contribution in [3.63, 3.8) is 0 Å². The molecule has 0 heterocycles. The average Bonchev–Trinajstić information content (AvgIpc) is 3.00. The summed E-state index contributed by atoms with van der Waals surface area (Å²) in [6, 6.07) is 6.81. The third kappa shape index (κ3) is 1.57. The fraction of sp³-hybridized carbons (Fsp3) is 0.364. The van der Waals surface area contributed by atoms with E-state index in [4.69, 9.17) is 11.0 Å². The van der Waals surface area contributed by atoms with Gasteiger partial charge in [-0.25, -0.2) is 0 Å². The molecule has 1 aromatic rings. The van der Waals surface area contributed by atoms with Crippen molar-refractivity contribution in [3.05, 3.63) is 29.3 Å². The van der Waals surface area contributed by atoms with Gasteiger partial charge in [-0.2, -0.15) is 5.26 Å². The zero-order valence-electron chi connectivity index (χ0n) is 7.77. The number of nitrogens with two attached hydrogens (primary N) is 1. The van der Waals surface area contributed by atoms with Crippen LogP contribution >= 0.6 is 0 Å². The summed E-state index contributed by atoms with van der Waals surface area (Å²) in [5.41, 5.74) is 7.34. The van der Waals surface area contributed by atoms with Crippen molar-refractivity contribution in [2.75, 3.05) is 0 Å². The molecule has 0 bridgehead atoms. The number of hydrogen-bond donors (Lipinski definition) is 2. The zero-order valence-corrected chi connectivity index (χ0v) is 7.77. The molecule has 3 heteroatoms. The Labute approximate surface area is 82.8 Å². The molecule has 0 saturated heterocycles. The lowest BCUT2D eigenvalue weighted by Gasteiger charge is -2.12. The Morgan fingerprint density at radius 1 is 1.50 bits per heavy atom. The fourth-order valence-electron chi connectivity index (χ4n) is 1.64. The van der Waals surface area contributed by atoms with Gasteiger partial charge in [-0.15, -0.1) is 0 Å². The van der Waals surface area contributed by atoms with E-state index in [1.807, 2.05) is 0 Å². The highest BCUT2D eigenvalue weighted by atomic mass is 16.3. The van der Waals surface area contributed by atoms with E-state index in [1.54, 1.807) is 12.1 Å². The number of nitrogens with zero attached hydrogens (tertiary/aromatic N) is 1. The van der Waals surface area contributed by atoms with Crippen molar-refractivity contribution in [1.29, 1.82) is 5.26 Å². The molecular weight excluding hydrogens is 176 g/mol. The molecule has 0 unspecified atom stereocenters. The average molecular weight is 188 g/mol. The summed E-state index contributed by atoms with van der Waals surface area (Å²) in [5, 5.41) is 18.1. The summed E-state index contributed by atoms with van der Waals surface area (Å²) in [6.07, 6.45) is 2.29. The molecule has 3 N–H and O–H groups in total. The van der Waals surface area contributed by atoms with Crippen molar-refractivity contribution in [2.24, 2.45) is 11.7 Å². The van der Waals surface area contributed by atoms with Gasteiger partial charge in [-0.1, -0.05) is 6.07 Å².